The van der Waals surface area contributed by atoms with Crippen LogP contribution >= 0.6 is 15.9 Å². The van der Waals surface area contributed by atoms with Crippen molar-refractivity contribution in [3.63, 3.8) is 0 Å². The Kier molecular flexibility index (Phi) is 6.38. The van der Waals surface area contributed by atoms with E-state index in [1.165, 1.54) is 18.2 Å². The van der Waals surface area contributed by atoms with E-state index in [0.717, 1.165) is 5.01 Å². The lowest BCUT2D eigenvalue weighted by atomic mass is 10.1. The molecule has 1 saturated heterocycles. The Morgan fingerprint density at radius 3 is 2.53 bits per heavy atom. The number of halogens is 1. The molecule has 0 aromatic heterocycles. The van der Waals surface area contributed by atoms with E-state index in [0.29, 0.717) is 16.8 Å². The fourth-order valence-electron chi connectivity index (χ4n) is 3.35. The summed E-state index contributed by atoms with van der Waals surface area (Å²) in [6, 6.07) is 20.1. The van der Waals surface area contributed by atoms with Crippen molar-refractivity contribution in [2.24, 2.45) is 0 Å². The third-order valence-electron chi connectivity index (χ3n) is 4.97. The molecule has 0 saturated carbocycles. The maximum Gasteiger partial charge on any atom is 0.312 e. The second-order valence-corrected chi connectivity index (χ2v) is 8.00. The van der Waals surface area contributed by atoms with Gasteiger partial charge in [0, 0.05) is 11.6 Å². The van der Waals surface area contributed by atoms with Crippen LogP contribution in [0.15, 0.2) is 76.8 Å². The molecule has 9 nitrogen and oxygen atoms in total. The van der Waals surface area contributed by atoms with Gasteiger partial charge >= 0.3 is 5.69 Å². The highest BCUT2D eigenvalue weighted by atomic mass is 79.9. The van der Waals surface area contributed by atoms with Crippen LogP contribution in [0.3, 0.4) is 0 Å². The zero-order valence-electron chi connectivity index (χ0n) is 17.4. The van der Waals surface area contributed by atoms with Crippen molar-refractivity contribution in [1.82, 2.24) is 5.43 Å². The maximum absolute atomic E-state index is 12.8. The number of nitro groups is 1. The zero-order valence-corrected chi connectivity index (χ0v) is 19.0. The molecule has 1 aliphatic heterocycles. The Labute approximate surface area is 202 Å². The van der Waals surface area contributed by atoms with Crippen molar-refractivity contribution in [2.45, 2.75) is 6.61 Å². The average molecular weight is 519 g/mol. The molecule has 1 fully saturated rings. The molecule has 1 aliphatic rings. The largest absolute Gasteiger partial charge is 0.481 e. The van der Waals surface area contributed by atoms with E-state index in [1.807, 2.05) is 6.07 Å². The quantitative estimate of drug-likeness (QED) is 0.225. The number of nitrogens with one attached hydrogen (secondary N) is 1. The highest BCUT2D eigenvalue weighted by Crippen LogP contribution is 2.38. The van der Waals surface area contributed by atoms with Crippen molar-refractivity contribution >= 4 is 45.2 Å². The van der Waals surface area contributed by atoms with Crippen LogP contribution in [-0.2, 0) is 16.2 Å². The Balaban J connectivity index is 1.65. The molecule has 0 radical (unpaired) electrons. The van der Waals surface area contributed by atoms with Crippen LogP contribution in [0.1, 0.15) is 16.7 Å². The Morgan fingerprint density at radius 2 is 1.82 bits per heavy atom. The molecule has 1 heterocycles. The number of benzene rings is 3. The Hall–Kier alpha value is -4.49. The number of ether oxygens (including phenoxy) is 1. The first-order valence-electron chi connectivity index (χ1n) is 9.90. The molecule has 3 aromatic rings. The molecule has 0 aliphatic carbocycles. The molecule has 0 atom stereocenters. The van der Waals surface area contributed by atoms with Crippen molar-refractivity contribution in [3.8, 4) is 11.8 Å². The minimum Gasteiger partial charge on any atom is -0.481 e. The lowest BCUT2D eigenvalue weighted by molar-refractivity contribution is -0.386. The monoisotopic (exact) mass is 518 g/mol. The molecule has 1 N–H and O–H groups in total. The van der Waals surface area contributed by atoms with E-state index in [-0.39, 0.29) is 33.7 Å². The number of hydrogen-bond donors (Lipinski definition) is 1. The molecule has 168 valence electrons. The van der Waals surface area contributed by atoms with Crippen molar-refractivity contribution in [2.75, 3.05) is 5.01 Å². The van der Waals surface area contributed by atoms with Gasteiger partial charge in [-0.2, -0.15) is 5.26 Å². The predicted molar refractivity (Wildman–Crippen MR) is 126 cm³/mol. The highest BCUT2D eigenvalue weighted by molar-refractivity contribution is 9.10. The second-order valence-electron chi connectivity index (χ2n) is 7.14. The smallest absolute Gasteiger partial charge is 0.312 e. The number of anilines is 1. The van der Waals surface area contributed by atoms with Crippen LogP contribution in [0.4, 0.5) is 11.4 Å². The summed E-state index contributed by atoms with van der Waals surface area (Å²) in [5, 5.41) is 22.1. The predicted octanol–water partition coefficient (Wildman–Crippen LogP) is 4.27. The second kappa shape index (κ2) is 9.56. The van der Waals surface area contributed by atoms with Crippen LogP contribution < -0.4 is 15.2 Å². The normalized spacial score (nSPS) is 14.1. The third-order valence-corrected chi connectivity index (χ3v) is 5.56. The van der Waals surface area contributed by atoms with Gasteiger partial charge in [-0.1, -0.05) is 36.4 Å². The number of carbonyl (C=O) groups excluding carboxylic acids is 2. The zero-order chi connectivity index (χ0) is 24.2. The van der Waals surface area contributed by atoms with Gasteiger partial charge < -0.3 is 4.74 Å². The highest BCUT2D eigenvalue weighted by Gasteiger charge is 2.34. The number of rotatable bonds is 6. The average Bonchev–Trinajstić information content (AvgIpc) is 3.12. The van der Waals surface area contributed by atoms with Crippen molar-refractivity contribution < 1.29 is 19.2 Å². The number of hydrogen-bond acceptors (Lipinski definition) is 6. The van der Waals surface area contributed by atoms with Crippen LogP contribution in [0.25, 0.3) is 6.08 Å². The summed E-state index contributed by atoms with van der Waals surface area (Å²) in [6.07, 6.45) is 1.28. The lowest BCUT2D eigenvalue weighted by Gasteiger charge is -2.13. The number of nitriles is 1. The van der Waals surface area contributed by atoms with Gasteiger partial charge in [0.1, 0.15) is 12.2 Å². The summed E-state index contributed by atoms with van der Waals surface area (Å²) in [7, 11) is 0. The minimum atomic E-state index is -0.624. The first kappa shape index (κ1) is 22.7. The number of amides is 2. The number of nitrogens with zero attached hydrogens (tertiary/aromatic N) is 3. The van der Waals surface area contributed by atoms with Gasteiger partial charge in [0.2, 0.25) is 5.75 Å². The van der Waals surface area contributed by atoms with Crippen LogP contribution in [-0.4, -0.2) is 16.7 Å². The molecule has 0 unspecified atom stereocenters. The van der Waals surface area contributed by atoms with E-state index in [1.54, 1.807) is 54.6 Å². The summed E-state index contributed by atoms with van der Waals surface area (Å²) in [5.74, 6) is -1.24. The summed E-state index contributed by atoms with van der Waals surface area (Å²) in [4.78, 5) is 36.3. The molecular weight excluding hydrogens is 504 g/mol. The fraction of sp³-hybridized carbons (Fsp3) is 0.0417. The first-order chi connectivity index (χ1) is 16.4. The van der Waals surface area contributed by atoms with Crippen molar-refractivity contribution in [1.29, 1.82) is 5.26 Å². The van der Waals surface area contributed by atoms with E-state index >= 15 is 0 Å². The Bertz CT molecular complexity index is 1380. The maximum atomic E-state index is 12.8. The molecule has 3 aromatic carbocycles. The summed E-state index contributed by atoms with van der Waals surface area (Å²) in [6.45, 7) is -0.0590. The van der Waals surface area contributed by atoms with Gasteiger partial charge in [-0.25, -0.2) is 5.01 Å². The van der Waals surface area contributed by atoms with E-state index < -0.39 is 16.7 Å². The molecular formula is C24H15BrN4O5. The van der Waals surface area contributed by atoms with Crippen LogP contribution in [0, 0.1) is 21.4 Å². The van der Waals surface area contributed by atoms with Gasteiger partial charge in [-0.3, -0.25) is 25.1 Å². The SMILES string of the molecule is N#Cc1ccccc1COc1c(Br)cc(/C=C2/C(=O)NN(c3ccccc3)C2=O)cc1[N+](=O)[O-]. The lowest BCUT2D eigenvalue weighted by Crippen LogP contribution is -2.35. The molecule has 0 bridgehead atoms. The van der Waals surface area contributed by atoms with Gasteiger partial charge in [0.05, 0.1) is 26.7 Å². The van der Waals surface area contributed by atoms with Gasteiger partial charge in [0.15, 0.2) is 0 Å². The van der Waals surface area contributed by atoms with Gasteiger partial charge in [-0.15, -0.1) is 0 Å². The number of nitro benzene ring substituents is 1. The summed E-state index contributed by atoms with van der Waals surface area (Å²) < 4.78 is 5.94. The first-order valence-corrected chi connectivity index (χ1v) is 10.7. The van der Waals surface area contributed by atoms with E-state index in [2.05, 4.69) is 21.4 Å². The van der Waals surface area contributed by atoms with E-state index in [4.69, 9.17) is 4.74 Å². The number of hydrazine groups is 1. The Morgan fingerprint density at radius 1 is 1.12 bits per heavy atom. The van der Waals surface area contributed by atoms with E-state index in [9.17, 15) is 25.0 Å². The number of para-hydroxylation sites is 1. The molecule has 10 heteroatoms. The fourth-order valence-corrected chi connectivity index (χ4v) is 3.93. The third kappa shape index (κ3) is 4.51. The summed E-state index contributed by atoms with van der Waals surface area (Å²) >= 11 is 3.28. The molecule has 2 amide bonds. The minimum absolute atomic E-state index is 0.0343. The topological polar surface area (TPSA) is 126 Å². The van der Waals surface area contributed by atoms with Gasteiger partial charge in [0.25, 0.3) is 11.8 Å². The van der Waals surface area contributed by atoms with Crippen LogP contribution in [0.2, 0.25) is 0 Å². The standard InChI is InChI=1S/C24H15BrN4O5/c25-20-11-15(10-19-23(30)27-28(24(19)31)18-8-2-1-3-9-18)12-21(29(32)33)22(20)34-14-17-7-5-4-6-16(17)13-26/h1-12H,14H2,(H,27,30)/b19-10-. The van der Waals surface area contributed by atoms with Crippen molar-refractivity contribution in [3.05, 3.63) is 104 Å². The van der Waals surface area contributed by atoms with Gasteiger partial charge in [-0.05, 0) is 51.8 Å². The molecule has 0 spiro atoms. The van der Waals surface area contributed by atoms with Crippen LogP contribution in [0.5, 0.6) is 5.75 Å². The number of carbonyl (C=O) groups is 2. The summed E-state index contributed by atoms with van der Waals surface area (Å²) in [5.41, 5.74) is 3.68. The molecule has 34 heavy (non-hydrogen) atoms. The molecule has 4 rings (SSSR count).